The third-order valence-corrected chi connectivity index (χ3v) is 3.80. The summed E-state index contributed by atoms with van der Waals surface area (Å²) in [4.78, 5) is 0. The van der Waals surface area contributed by atoms with Gasteiger partial charge in [0, 0.05) is 8.07 Å². The van der Waals surface area contributed by atoms with E-state index in [4.69, 9.17) is 0 Å². The van der Waals surface area contributed by atoms with Crippen molar-refractivity contribution < 1.29 is 5.11 Å². The Kier molecular flexibility index (Phi) is 3.51. The number of rotatable bonds is 3. The van der Waals surface area contributed by atoms with Crippen LogP contribution in [0.2, 0.25) is 19.6 Å². The summed E-state index contributed by atoms with van der Waals surface area (Å²) >= 11 is 0. The Bertz CT molecular complexity index is 313. The zero-order chi connectivity index (χ0) is 10.8. The van der Waals surface area contributed by atoms with Crippen LogP contribution >= 0.6 is 0 Å². The van der Waals surface area contributed by atoms with E-state index < -0.39 is 8.07 Å². The molecule has 0 fully saturated rings. The van der Waals surface area contributed by atoms with Gasteiger partial charge in [0.2, 0.25) is 0 Å². The molecule has 0 aromatic heterocycles. The summed E-state index contributed by atoms with van der Waals surface area (Å²) in [6.45, 7) is 9.39. The monoisotopic (exact) mass is 208 g/mol. The SMILES string of the molecule is Cc1cccc(CO)c1C[Si](C)(C)C. The second-order valence-electron chi connectivity index (χ2n) is 5.11. The molecule has 78 valence electrons. The highest BCUT2D eigenvalue weighted by molar-refractivity contribution is 6.75. The summed E-state index contributed by atoms with van der Waals surface area (Å²) in [5.41, 5.74) is 3.79. The molecule has 0 saturated heterocycles. The Labute approximate surface area is 87.8 Å². The Morgan fingerprint density at radius 3 is 2.36 bits per heavy atom. The summed E-state index contributed by atoms with van der Waals surface area (Å²) in [5.74, 6) is 0. The molecule has 0 atom stereocenters. The molecule has 0 radical (unpaired) electrons. The van der Waals surface area contributed by atoms with Crippen LogP contribution in [-0.2, 0) is 12.7 Å². The average Bonchev–Trinajstić information content (AvgIpc) is 2.06. The van der Waals surface area contributed by atoms with E-state index in [9.17, 15) is 5.11 Å². The van der Waals surface area contributed by atoms with Crippen molar-refractivity contribution in [1.82, 2.24) is 0 Å². The van der Waals surface area contributed by atoms with Gasteiger partial charge in [-0.1, -0.05) is 37.8 Å². The lowest BCUT2D eigenvalue weighted by Gasteiger charge is -2.19. The molecule has 0 saturated carbocycles. The lowest BCUT2D eigenvalue weighted by atomic mass is 10.0. The fourth-order valence-electron chi connectivity index (χ4n) is 1.69. The van der Waals surface area contributed by atoms with Crippen LogP contribution in [0, 0.1) is 6.92 Å². The van der Waals surface area contributed by atoms with E-state index in [1.54, 1.807) is 0 Å². The molecule has 1 aromatic rings. The van der Waals surface area contributed by atoms with E-state index in [1.165, 1.54) is 11.1 Å². The van der Waals surface area contributed by atoms with Gasteiger partial charge in [-0.25, -0.2) is 0 Å². The molecule has 0 bridgehead atoms. The van der Waals surface area contributed by atoms with Crippen LogP contribution in [0.4, 0.5) is 0 Å². The van der Waals surface area contributed by atoms with E-state index in [2.05, 4.69) is 32.6 Å². The van der Waals surface area contributed by atoms with Crippen LogP contribution < -0.4 is 0 Å². The Morgan fingerprint density at radius 1 is 1.21 bits per heavy atom. The Morgan fingerprint density at radius 2 is 1.86 bits per heavy atom. The van der Waals surface area contributed by atoms with Crippen LogP contribution in [0.5, 0.6) is 0 Å². The largest absolute Gasteiger partial charge is 0.392 e. The highest BCUT2D eigenvalue weighted by Crippen LogP contribution is 2.19. The van der Waals surface area contributed by atoms with Crippen molar-refractivity contribution in [2.24, 2.45) is 0 Å². The van der Waals surface area contributed by atoms with Gasteiger partial charge in [-0.2, -0.15) is 0 Å². The van der Waals surface area contributed by atoms with Gasteiger partial charge in [0.1, 0.15) is 0 Å². The quantitative estimate of drug-likeness (QED) is 0.757. The minimum absolute atomic E-state index is 0.168. The molecule has 0 unspecified atom stereocenters. The maximum Gasteiger partial charge on any atom is 0.0684 e. The molecule has 0 heterocycles. The second kappa shape index (κ2) is 4.28. The van der Waals surface area contributed by atoms with E-state index in [1.807, 2.05) is 12.1 Å². The van der Waals surface area contributed by atoms with E-state index in [0.717, 1.165) is 11.6 Å². The van der Waals surface area contributed by atoms with Crippen LogP contribution in [0.1, 0.15) is 16.7 Å². The first-order valence-electron chi connectivity index (χ1n) is 5.12. The van der Waals surface area contributed by atoms with E-state index in [-0.39, 0.29) is 6.61 Å². The third-order valence-electron chi connectivity index (χ3n) is 2.38. The fraction of sp³-hybridized carbons (Fsp3) is 0.500. The predicted molar refractivity (Wildman–Crippen MR) is 64.2 cm³/mol. The lowest BCUT2D eigenvalue weighted by molar-refractivity contribution is 0.281. The average molecular weight is 208 g/mol. The van der Waals surface area contributed by atoms with Gasteiger partial charge in [0.25, 0.3) is 0 Å². The molecular weight excluding hydrogens is 188 g/mol. The number of benzene rings is 1. The standard InChI is InChI=1S/C12H20OSi/c1-10-6-5-7-11(8-13)12(10)9-14(2,3)4/h5-7,13H,8-9H2,1-4H3. The zero-order valence-electron chi connectivity index (χ0n) is 9.59. The maximum absolute atomic E-state index is 9.26. The number of aliphatic hydroxyl groups excluding tert-OH is 1. The van der Waals surface area contributed by atoms with Crippen molar-refractivity contribution >= 4 is 8.07 Å². The van der Waals surface area contributed by atoms with Gasteiger partial charge in [-0.15, -0.1) is 0 Å². The minimum Gasteiger partial charge on any atom is -0.392 e. The van der Waals surface area contributed by atoms with Crippen molar-refractivity contribution in [3.05, 3.63) is 34.9 Å². The van der Waals surface area contributed by atoms with Gasteiger partial charge in [-0.3, -0.25) is 0 Å². The Balaban J connectivity index is 3.05. The number of aryl methyl sites for hydroxylation is 1. The van der Waals surface area contributed by atoms with E-state index in [0.29, 0.717) is 0 Å². The predicted octanol–water partition coefficient (Wildman–Crippen LogP) is 2.91. The van der Waals surface area contributed by atoms with Crippen molar-refractivity contribution in [3.63, 3.8) is 0 Å². The van der Waals surface area contributed by atoms with Crippen molar-refractivity contribution in [2.45, 2.75) is 39.2 Å². The lowest BCUT2D eigenvalue weighted by Crippen LogP contribution is -2.25. The molecule has 14 heavy (non-hydrogen) atoms. The van der Waals surface area contributed by atoms with Crippen molar-refractivity contribution in [1.29, 1.82) is 0 Å². The molecule has 1 nitrogen and oxygen atoms in total. The normalized spacial score (nSPS) is 11.8. The van der Waals surface area contributed by atoms with Crippen LogP contribution in [0.3, 0.4) is 0 Å². The van der Waals surface area contributed by atoms with Crippen LogP contribution in [-0.4, -0.2) is 13.2 Å². The second-order valence-corrected chi connectivity index (χ2v) is 10.6. The first kappa shape index (κ1) is 11.5. The molecule has 0 spiro atoms. The molecule has 1 aromatic carbocycles. The molecule has 0 aliphatic heterocycles. The summed E-state index contributed by atoms with van der Waals surface area (Å²) in [7, 11) is -1.09. The molecular formula is C12H20OSi. The number of aliphatic hydroxyl groups is 1. The first-order valence-corrected chi connectivity index (χ1v) is 8.83. The van der Waals surface area contributed by atoms with E-state index >= 15 is 0 Å². The van der Waals surface area contributed by atoms with Gasteiger partial charge in [0.15, 0.2) is 0 Å². The van der Waals surface area contributed by atoms with Crippen LogP contribution in [0.25, 0.3) is 0 Å². The summed E-state index contributed by atoms with van der Waals surface area (Å²) in [6.07, 6.45) is 0. The van der Waals surface area contributed by atoms with Gasteiger partial charge in [-0.05, 0) is 29.7 Å². The topological polar surface area (TPSA) is 20.2 Å². The number of hydrogen-bond acceptors (Lipinski definition) is 1. The van der Waals surface area contributed by atoms with Crippen molar-refractivity contribution in [2.75, 3.05) is 0 Å². The first-order chi connectivity index (χ1) is 6.44. The summed E-state index contributed by atoms with van der Waals surface area (Å²) in [6, 6.07) is 7.35. The molecule has 1 rings (SSSR count). The van der Waals surface area contributed by atoms with Gasteiger partial charge >= 0.3 is 0 Å². The highest BCUT2D eigenvalue weighted by atomic mass is 28.3. The van der Waals surface area contributed by atoms with Gasteiger partial charge < -0.3 is 5.11 Å². The Hall–Kier alpha value is -0.603. The molecule has 0 aliphatic rings. The molecule has 0 aliphatic carbocycles. The number of hydrogen-bond donors (Lipinski definition) is 1. The minimum atomic E-state index is -1.09. The fourth-order valence-corrected chi connectivity index (χ4v) is 3.26. The molecule has 1 N–H and O–H groups in total. The van der Waals surface area contributed by atoms with Crippen LogP contribution in [0.15, 0.2) is 18.2 Å². The van der Waals surface area contributed by atoms with Gasteiger partial charge in [0.05, 0.1) is 6.61 Å². The van der Waals surface area contributed by atoms with Crippen molar-refractivity contribution in [3.8, 4) is 0 Å². The highest BCUT2D eigenvalue weighted by Gasteiger charge is 2.17. The summed E-state index contributed by atoms with van der Waals surface area (Å²) in [5, 5.41) is 9.26. The zero-order valence-corrected chi connectivity index (χ0v) is 10.6. The smallest absolute Gasteiger partial charge is 0.0684 e. The maximum atomic E-state index is 9.26. The molecule has 2 heteroatoms. The molecule has 0 amide bonds. The summed E-state index contributed by atoms with van der Waals surface area (Å²) < 4.78 is 0. The third kappa shape index (κ3) is 2.96.